The second-order valence-electron chi connectivity index (χ2n) is 8.26. The number of likely N-dealkylation sites (N-methyl/N-ethyl adjacent to an activating group) is 1. The quantitative estimate of drug-likeness (QED) is 0.290. The van der Waals surface area contributed by atoms with E-state index in [0.717, 1.165) is 56.0 Å². The zero-order valence-electron chi connectivity index (χ0n) is 18.8. The Morgan fingerprint density at radius 3 is 2.73 bits per heavy atom. The predicted molar refractivity (Wildman–Crippen MR) is 134 cm³/mol. The Bertz CT molecular complexity index is 659. The van der Waals surface area contributed by atoms with E-state index < -0.39 is 0 Å². The van der Waals surface area contributed by atoms with Gasteiger partial charge in [-0.05, 0) is 45.4 Å². The van der Waals surface area contributed by atoms with Crippen LogP contribution in [0.15, 0.2) is 23.2 Å². The van der Waals surface area contributed by atoms with E-state index in [1.807, 2.05) is 0 Å². The Hall–Kier alpha value is -1.06. The number of hydrogen-bond donors (Lipinski definition) is 2. The molecule has 0 amide bonds. The molecule has 3 rings (SSSR count). The van der Waals surface area contributed by atoms with Gasteiger partial charge in [0.2, 0.25) is 0 Å². The zero-order chi connectivity index (χ0) is 20.5. The highest BCUT2D eigenvalue weighted by Gasteiger charge is 2.20. The van der Waals surface area contributed by atoms with Gasteiger partial charge in [-0.3, -0.25) is 0 Å². The van der Waals surface area contributed by atoms with E-state index in [1.54, 1.807) is 0 Å². The van der Waals surface area contributed by atoms with Crippen LogP contribution < -0.4 is 15.4 Å². The van der Waals surface area contributed by atoms with Crippen molar-refractivity contribution in [3.8, 4) is 5.75 Å². The molecule has 2 fully saturated rings. The summed E-state index contributed by atoms with van der Waals surface area (Å²) in [6.45, 7) is 9.03. The third kappa shape index (κ3) is 7.89. The molecular weight excluding hydrogens is 491 g/mol. The molecule has 2 aliphatic rings. The summed E-state index contributed by atoms with van der Waals surface area (Å²) in [5.74, 6) is 1.80. The van der Waals surface area contributed by atoms with E-state index in [2.05, 4.69) is 54.6 Å². The summed E-state index contributed by atoms with van der Waals surface area (Å²) in [6, 6.07) is 7.12. The number of nitrogens with zero attached hydrogens (tertiary/aromatic N) is 2. The topological polar surface area (TPSA) is 58.1 Å². The average molecular weight is 530 g/mol. The molecule has 0 radical (unpaired) electrons. The normalized spacial score (nSPS) is 19.7. The second kappa shape index (κ2) is 13.4. The third-order valence-corrected chi connectivity index (χ3v) is 5.86. The van der Waals surface area contributed by atoms with E-state index >= 15 is 0 Å². The molecule has 1 aromatic rings. The summed E-state index contributed by atoms with van der Waals surface area (Å²) >= 11 is 0. The Balaban J connectivity index is 0.00000320. The first-order chi connectivity index (χ1) is 14.2. The number of guanidine groups is 1. The summed E-state index contributed by atoms with van der Waals surface area (Å²) in [6.07, 6.45) is 6.54. The summed E-state index contributed by atoms with van der Waals surface area (Å²) in [7, 11) is 2.24. The first-order valence-corrected chi connectivity index (χ1v) is 11.2. The molecule has 1 atom stereocenters. The molecule has 30 heavy (non-hydrogen) atoms. The fraction of sp³-hybridized carbons (Fsp3) is 0.696. The van der Waals surface area contributed by atoms with E-state index in [9.17, 15) is 0 Å². The van der Waals surface area contributed by atoms with Gasteiger partial charge in [0.1, 0.15) is 11.9 Å². The van der Waals surface area contributed by atoms with Crippen LogP contribution in [-0.4, -0.2) is 62.9 Å². The van der Waals surface area contributed by atoms with Crippen LogP contribution in [0, 0.1) is 6.92 Å². The van der Waals surface area contributed by atoms with Crippen LogP contribution in [0.5, 0.6) is 5.75 Å². The first kappa shape index (κ1) is 25.2. The largest absolute Gasteiger partial charge is 0.488 e. The predicted octanol–water partition coefficient (Wildman–Crippen LogP) is 3.71. The van der Waals surface area contributed by atoms with E-state index in [1.165, 1.54) is 31.2 Å². The lowest BCUT2D eigenvalue weighted by Gasteiger charge is -2.24. The average Bonchev–Trinajstić information content (AvgIpc) is 3.41. The number of aryl methyl sites for hydroxylation is 1. The van der Waals surface area contributed by atoms with Crippen molar-refractivity contribution in [1.82, 2.24) is 15.5 Å². The molecule has 0 spiro atoms. The Labute approximate surface area is 199 Å². The lowest BCUT2D eigenvalue weighted by Crippen LogP contribution is -2.42. The van der Waals surface area contributed by atoms with Crippen LogP contribution in [0.1, 0.15) is 50.2 Å². The molecule has 1 aromatic carbocycles. The maximum absolute atomic E-state index is 6.21. The van der Waals surface area contributed by atoms with Crippen molar-refractivity contribution in [2.24, 2.45) is 4.99 Å². The molecule has 1 saturated carbocycles. The number of rotatable bonds is 9. The van der Waals surface area contributed by atoms with Crippen molar-refractivity contribution in [3.63, 3.8) is 0 Å². The van der Waals surface area contributed by atoms with Gasteiger partial charge in [-0.15, -0.1) is 24.0 Å². The Kier molecular flexibility index (Phi) is 11.2. The molecular formula is C23H39IN4O2. The summed E-state index contributed by atoms with van der Waals surface area (Å²) < 4.78 is 11.7. The number of aliphatic imine (C=N–C) groups is 1. The molecule has 7 heteroatoms. The lowest BCUT2D eigenvalue weighted by atomic mass is 10.1. The van der Waals surface area contributed by atoms with Crippen LogP contribution >= 0.6 is 24.0 Å². The number of hydrogen-bond acceptors (Lipinski definition) is 4. The van der Waals surface area contributed by atoms with Gasteiger partial charge in [-0.25, -0.2) is 4.99 Å². The summed E-state index contributed by atoms with van der Waals surface area (Å²) in [5.41, 5.74) is 2.31. The van der Waals surface area contributed by atoms with Crippen molar-refractivity contribution < 1.29 is 9.47 Å². The number of halogens is 1. The number of benzene rings is 1. The molecule has 0 aromatic heterocycles. The molecule has 1 unspecified atom stereocenters. The van der Waals surface area contributed by atoms with Gasteiger partial charge in [-0.1, -0.05) is 25.0 Å². The van der Waals surface area contributed by atoms with Gasteiger partial charge in [0.25, 0.3) is 0 Å². The van der Waals surface area contributed by atoms with Gasteiger partial charge in [-0.2, -0.15) is 0 Å². The van der Waals surface area contributed by atoms with Crippen LogP contribution in [0.3, 0.4) is 0 Å². The van der Waals surface area contributed by atoms with Gasteiger partial charge in [0.15, 0.2) is 5.96 Å². The van der Waals surface area contributed by atoms with Crippen LogP contribution in [0.25, 0.3) is 0 Å². The van der Waals surface area contributed by atoms with Gasteiger partial charge in [0, 0.05) is 37.7 Å². The standard InChI is InChI=1S/C23H38N4O2.HI/c1-4-24-23(25-12-13-27(3)20-7-5-6-8-20)26-16-19-10-9-18(2)15-22(19)29-21-11-14-28-17-21;/h9-10,15,20-21H,4-8,11-14,16-17H2,1-3H3,(H2,24,25,26);1H. The fourth-order valence-electron chi connectivity index (χ4n) is 4.07. The minimum atomic E-state index is 0. The third-order valence-electron chi connectivity index (χ3n) is 5.86. The minimum absolute atomic E-state index is 0. The maximum Gasteiger partial charge on any atom is 0.191 e. The van der Waals surface area contributed by atoms with Gasteiger partial charge < -0.3 is 25.0 Å². The molecule has 6 nitrogen and oxygen atoms in total. The molecule has 2 N–H and O–H groups in total. The smallest absolute Gasteiger partial charge is 0.191 e. The summed E-state index contributed by atoms with van der Waals surface area (Å²) in [4.78, 5) is 7.29. The highest BCUT2D eigenvalue weighted by Crippen LogP contribution is 2.24. The van der Waals surface area contributed by atoms with Crippen molar-refractivity contribution in [2.75, 3.05) is 39.9 Å². The SMILES string of the molecule is CCNC(=NCc1ccc(C)cc1OC1CCOC1)NCCN(C)C1CCCC1.I. The van der Waals surface area contributed by atoms with Crippen molar-refractivity contribution >= 4 is 29.9 Å². The monoisotopic (exact) mass is 530 g/mol. The van der Waals surface area contributed by atoms with Crippen molar-refractivity contribution in [1.29, 1.82) is 0 Å². The number of nitrogens with one attached hydrogen (secondary N) is 2. The van der Waals surface area contributed by atoms with E-state index in [4.69, 9.17) is 14.5 Å². The molecule has 0 bridgehead atoms. The Morgan fingerprint density at radius 1 is 1.23 bits per heavy atom. The molecule has 1 aliphatic carbocycles. The van der Waals surface area contributed by atoms with E-state index in [0.29, 0.717) is 13.2 Å². The van der Waals surface area contributed by atoms with Crippen LogP contribution in [0.4, 0.5) is 0 Å². The van der Waals surface area contributed by atoms with Crippen molar-refractivity contribution in [2.45, 2.75) is 64.6 Å². The van der Waals surface area contributed by atoms with E-state index in [-0.39, 0.29) is 30.1 Å². The summed E-state index contributed by atoms with van der Waals surface area (Å²) in [5, 5.41) is 6.85. The second-order valence-corrected chi connectivity index (χ2v) is 8.26. The highest BCUT2D eigenvalue weighted by atomic mass is 127. The van der Waals surface area contributed by atoms with Gasteiger partial charge in [0.05, 0.1) is 19.8 Å². The highest BCUT2D eigenvalue weighted by molar-refractivity contribution is 14.0. The first-order valence-electron chi connectivity index (χ1n) is 11.2. The van der Waals surface area contributed by atoms with Crippen LogP contribution in [-0.2, 0) is 11.3 Å². The molecule has 170 valence electrons. The molecule has 1 aliphatic heterocycles. The Morgan fingerprint density at radius 2 is 2.03 bits per heavy atom. The maximum atomic E-state index is 6.21. The lowest BCUT2D eigenvalue weighted by molar-refractivity contribution is 0.140. The minimum Gasteiger partial charge on any atom is -0.488 e. The number of ether oxygens (including phenoxy) is 2. The van der Waals surface area contributed by atoms with Crippen molar-refractivity contribution in [3.05, 3.63) is 29.3 Å². The fourth-order valence-corrected chi connectivity index (χ4v) is 4.07. The molecule has 1 heterocycles. The molecule has 1 saturated heterocycles. The van der Waals surface area contributed by atoms with Crippen LogP contribution in [0.2, 0.25) is 0 Å². The van der Waals surface area contributed by atoms with Gasteiger partial charge >= 0.3 is 0 Å². The zero-order valence-corrected chi connectivity index (χ0v) is 21.1.